The number of hydrogen-bond acceptors (Lipinski definition) is 2. The fourth-order valence-corrected chi connectivity index (χ4v) is 3.04. The average molecular weight is 320 g/mol. The van der Waals surface area contributed by atoms with Crippen LogP contribution < -0.4 is 5.32 Å². The molecule has 1 unspecified atom stereocenters. The van der Waals surface area contributed by atoms with Gasteiger partial charge in [0.15, 0.2) is 0 Å². The summed E-state index contributed by atoms with van der Waals surface area (Å²) in [4.78, 5) is 26.3. The van der Waals surface area contributed by atoms with Crippen molar-refractivity contribution in [3.63, 3.8) is 0 Å². The number of nitrogens with zero attached hydrogens (tertiary/aromatic N) is 1. The van der Waals surface area contributed by atoms with Crippen LogP contribution in [-0.4, -0.2) is 42.0 Å². The van der Waals surface area contributed by atoms with Crippen molar-refractivity contribution < 1.29 is 22.8 Å². The van der Waals surface area contributed by atoms with Crippen LogP contribution in [0.2, 0.25) is 0 Å². The molecule has 0 aromatic carbocycles. The Labute approximate surface area is 128 Å². The van der Waals surface area contributed by atoms with Crippen LogP contribution in [-0.2, 0) is 9.59 Å². The van der Waals surface area contributed by atoms with Gasteiger partial charge < -0.3 is 10.2 Å². The fourth-order valence-electron chi connectivity index (χ4n) is 3.04. The molecule has 2 aliphatic rings. The molecule has 0 aromatic heterocycles. The predicted octanol–water partition coefficient (Wildman–Crippen LogP) is 2.34. The average Bonchev–Trinajstić information content (AvgIpc) is 3.13. The zero-order valence-corrected chi connectivity index (χ0v) is 13.4. The van der Waals surface area contributed by atoms with E-state index in [-0.39, 0.29) is 25.3 Å². The number of rotatable bonds is 3. The number of nitrogens with one attached hydrogen (secondary N) is 1. The van der Waals surface area contributed by atoms with Gasteiger partial charge in [-0.1, -0.05) is 13.8 Å². The third-order valence-corrected chi connectivity index (χ3v) is 4.53. The van der Waals surface area contributed by atoms with Crippen LogP contribution in [0.3, 0.4) is 0 Å². The van der Waals surface area contributed by atoms with Crippen molar-refractivity contribution in [1.82, 2.24) is 10.2 Å². The zero-order chi connectivity index (χ0) is 16.9. The molecule has 1 saturated carbocycles. The summed E-state index contributed by atoms with van der Waals surface area (Å²) < 4.78 is 40.1. The number of alkyl halides is 3. The summed E-state index contributed by atoms with van der Waals surface area (Å²) in [6, 6.07) is -1.50. The quantitative estimate of drug-likeness (QED) is 0.868. The van der Waals surface area contributed by atoms with Crippen LogP contribution in [0.4, 0.5) is 13.2 Å². The first kappa shape index (κ1) is 17.1. The Balaban J connectivity index is 2.37. The normalized spacial score (nSPS) is 27.6. The third-order valence-electron chi connectivity index (χ3n) is 4.53. The lowest BCUT2D eigenvalue weighted by Gasteiger charge is -2.32. The summed E-state index contributed by atoms with van der Waals surface area (Å²) in [7, 11) is 0. The van der Waals surface area contributed by atoms with E-state index in [9.17, 15) is 22.8 Å². The van der Waals surface area contributed by atoms with Crippen LogP contribution in [0.25, 0.3) is 0 Å². The standard InChI is InChI=1S/C15H23F3N2O2/c1-9(2)7-20-8-13(3,4)12(22)19-10(11(20)21)14(5-6-14)15(16,17)18/h9-10H,5-8H2,1-4H3,(H,19,22). The molecule has 0 radical (unpaired) electrons. The highest BCUT2D eigenvalue weighted by Crippen LogP contribution is 2.60. The second-order valence-electron chi connectivity index (χ2n) is 7.56. The van der Waals surface area contributed by atoms with Gasteiger partial charge in [-0.05, 0) is 32.6 Å². The van der Waals surface area contributed by atoms with Gasteiger partial charge in [0.05, 0.1) is 10.8 Å². The summed E-state index contributed by atoms with van der Waals surface area (Å²) in [6.07, 6.45) is -4.70. The second kappa shape index (κ2) is 5.13. The van der Waals surface area contributed by atoms with Crippen LogP contribution in [0.5, 0.6) is 0 Å². The van der Waals surface area contributed by atoms with Crippen molar-refractivity contribution >= 4 is 11.8 Å². The van der Waals surface area contributed by atoms with Gasteiger partial charge in [0.1, 0.15) is 6.04 Å². The van der Waals surface area contributed by atoms with E-state index >= 15 is 0 Å². The molecule has 1 saturated heterocycles. The summed E-state index contributed by atoms with van der Waals surface area (Å²) in [5.74, 6) is -0.982. The van der Waals surface area contributed by atoms with Crippen LogP contribution in [0.15, 0.2) is 0 Å². The summed E-state index contributed by atoms with van der Waals surface area (Å²) in [5, 5.41) is 2.38. The first-order valence-corrected chi connectivity index (χ1v) is 7.57. The number of carbonyl (C=O) groups is 2. The van der Waals surface area contributed by atoms with E-state index in [1.54, 1.807) is 13.8 Å². The lowest BCUT2D eigenvalue weighted by molar-refractivity contribution is -0.199. The monoisotopic (exact) mass is 320 g/mol. The fraction of sp³-hybridized carbons (Fsp3) is 0.867. The van der Waals surface area contributed by atoms with Gasteiger partial charge in [0.25, 0.3) is 0 Å². The largest absolute Gasteiger partial charge is 0.396 e. The Morgan fingerprint density at radius 2 is 1.82 bits per heavy atom. The molecule has 1 atom stereocenters. The van der Waals surface area contributed by atoms with Gasteiger partial charge in [0, 0.05) is 13.1 Å². The molecule has 0 spiro atoms. The highest BCUT2D eigenvalue weighted by atomic mass is 19.4. The summed E-state index contributed by atoms with van der Waals surface area (Å²) in [6.45, 7) is 7.58. The molecular weight excluding hydrogens is 297 g/mol. The molecule has 2 rings (SSSR count). The molecule has 2 amide bonds. The summed E-state index contributed by atoms with van der Waals surface area (Å²) in [5.41, 5.74) is -2.99. The molecule has 2 fully saturated rings. The van der Waals surface area contributed by atoms with Crippen LogP contribution >= 0.6 is 0 Å². The predicted molar refractivity (Wildman–Crippen MR) is 74.9 cm³/mol. The van der Waals surface area contributed by atoms with Crippen LogP contribution in [0.1, 0.15) is 40.5 Å². The molecule has 1 heterocycles. The zero-order valence-electron chi connectivity index (χ0n) is 13.4. The molecule has 0 aromatic rings. The number of carbonyl (C=O) groups excluding carboxylic acids is 2. The second-order valence-corrected chi connectivity index (χ2v) is 7.56. The van der Waals surface area contributed by atoms with E-state index in [4.69, 9.17) is 0 Å². The SMILES string of the molecule is CC(C)CN1CC(C)(C)C(=O)NC(C2(C(F)(F)F)CC2)C1=O. The molecule has 4 nitrogen and oxygen atoms in total. The van der Waals surface area contributed by atoms with Crippen molar-refractivity contribution in [2.24, 2.45) is 16.7 Å². The van der Waals surface area contributed by atoms with Gasteiger partial charge in [-0.15, -0.1) is 0 Å². The van der Waals surface area contributed by atoms with E-state index in [1.807, 2.05) is 13.8 Å². The van der Waals surface area contributed by atoms with E-state index in [2.05, 4.69) is 5.32 Å². The van der Waals surface area contributed by atoms with E-state index in [1.165, 1.54) is 4.90 Å². The molecule has 1 aliphatic heterocycles. The van der Waals surface area contributed by atoms with Gasteiger partial charge in [-0.3, -0.25) is 9.59 Å². The molecule has 0 bridgehead atoms. The molecule has 1 aliphatic carbocycles. The first-order valence-electron chi connectivity index (χ1n) is 7.57. The lowest BCUT2D eigenvalue weighted by Crippen LogP contribution is -2.55. The molecule has 7 heteroatoms. The van der Waals surface area contributed by atoms with Crippen molar-refractivity contribution in [2.45, 2.75) is 52.8 Å². The topological polar surface area (TPSA) is 49.4 Å². The van der Waals surface area contributed by atoms with Gasteiger partial charge in [-0.2, -0.15) is 13.2 Å². The Bertz CT molecular complexity index is 482. The number of hydrogen-bond donors (Lipinski definition) is 1. The Morgan fingerprint density at radius 1 is 1.27 bits per heavy atom. The van der Waals surface area contributed by atoms with Crippen molar-refractivity contribution in [1.29, 1.82) is 0 Å². The minimum atomic E-state index is -4.49. The third kappa shape index (κ3) is 2.82. The van der Waals surface area contributed by atoms with Crippen molar-refractivity contribution in [3.05, 3.63) is 0 Å². The Morgan fingerprint density at radius 3 is 2.23 bits per heavy atom. The minimum absolute atomic E-state index is 0.108. The van der Waals surface area contributed by atoms with E-state index in [0.717, 1.165) is 0 Å². The molecule has 126 valence electrons. The van der Waals surface area contributed by atoms with E-state index < -0.39 is 34.9 Å². The molecule has 22 heavy (non-hydrogen) atoms. The Hall–Kier alpha value is -1.27. The smallest absolute Gasteiger partial charge is 0.343 e. The van der Waals surface area contributed by atoms with Gasteiger partial charge in [0.2, 0.25) is 11.8 Å². The highest BCUT2D eigenvalue weighted by Gasteiger charge is 2.70. The summed E-state index contributed by atoms with van der Waals surface area (Å²) >= 11 is 0. The molecular formula is C15H23F3N2O2. The Kier molecular flexibility index (Phi) is 3.99. The molecule has 1 N–H and O–H groups in total. The van der Waals surface area contributed by atoms with Gasteiger partial charge in [-0.25, -0.2) is 0 Å². The van der Waals surface area contributed by atoms with Gasteiger partial charge >= 0.3 is 6.18 Å². The number of amides is 2. The lowest BCUT2D eigenvalue weighted by atomic mass is 9.91. The first-order chi connectivity index (χ1) is 9.91. The van der Waals surface area contributed by atoms with E-state index in [0.29, 0.717) is 6.54 Å². The van der Waals surface area contributed by atoms with Crippen molar-refractivity contribution in [3.8, 4) is 0 Å². The van der Waals surface area contributed by atoms with Crippen molar-refractivity contribution in [2.75, 3.05) is 13.1 Å². The highest BCUT2D eigenvalue weighted by molar-refractivity contribution is 5.93. The minimum Gasteiger partial charge on any atom is -0.343 e. The maximum atomic E-state index is 13.4. The number of halogens is 3. The maximum Gasteiger partial charge on any atom is 0.396 e. The maximum absolute atomic E-state index is 13.4. The van der Waals surface area contributed by atoms with Crippen LogP contribution in [0, 0.1) is 16.7 Å².